The van der Waals surface area contributed by atoms with E-state index in [2.05, 4.69) is 10.3 Å². The smallest absolute Gasteiger partial charge is 0.251 e. The number of aromatic nitrogens is 1. The topological polar surface area (TPSA) is 74.3 Å². The van der Waals surface area contributed by atoms with Gasteiger partial charge in [0.15, 0.2) is 0 Å². The van der Waals surface area contributed by atoms with Crippen molar-refractivity contribution in [2.45, 2.75) is 25.0 Å². The number of benzene rings is 1. The van der Waals surface area contributed by atoms with E-state index in [9.17, 15) is 9.90 Å². The van der Waals surface area contributed by atoms with Crippen molar-refractivity contribution in [3.05, 3.63) is 36.0 Å². The van der Waals surface area contributed by atoms with Crippen molar-refractivity contribution in [3.63, 3.8) is 0 Å². The fraction of sp³-hybridized carbons (Fsp3) is 0.400. The van der Waals surface area contributed by atoms with Gasteiger partial charge in [0.25, 0.3) is 5.91 Å². The molecule has 1 aromatic carbocycles. The molecule has 2 unspecified atom stereocenters. The molecule has 1 fully saturated rings. The van der Waals surface area contributed by atoms with E-state index in [0.29, 0.717) is 18.6 Å². The van der Waals surface area contributed by atoms with Crippen molar-refractivity contribution in [3.8, 4) is 0 Å². The molecule has 1 amide bonds. The molecule has 0 aliphatic carbocycles. The van der Waals surface area contributed by atoms with Crippen molar-refractivity contribution in [1.82, 2.24) is 10.3 Å². The molecule has 1 aromatic heterocycles. The Kier molecular flexibility index (Phi) is 3.23. The molecule has 0 bridgehead atoms. The molecule has 3 rings (SSSR count). The summed E-state index contributed by atoms with van der Waals surface area (Å²) in [5, 5.41) is 14.1. The number of amides is 1. The molecule has 5 nitrogen and oxygen atoms in total. The molecule has 2 heterocycles. The Bertz CT molecular complexity index is 637. The molecule has 0 radical (unpaired) electrons. The molecule has 3 N–H and O–H groups in total. The zero-order chi connectivity index (χ0) is 14.2. The number of rotatable bonds is 3. The van der Waals surface area contributed by atoms with Gasteiger partial charge in [-0.05, 0) is 31.2 Å². The maximum absolute atomic E-state index is 12.1. The highest BCUT2D eigenvalue weighted by Crippen LogP contribution is 2.24. The average Bonchev–Trinajstić information content (AvgIpc) is 3.03. The Morgan fingerprint density at radius 2 is 2.40 bits per heavy atom. The van der Waals surface area contributed by atoms with Gasteiger partial charge in [0.2, 0.25) is 0 Å². The summed E-state index contributed by atoms with van der Waals surface area (Å²) in [5.41, 5.74) is 0.624. The average molecular weight is 274 g/mol. The Labute approximate surface area is 116 Å². The maximum atomic E-state index is 12.1. The van der Waals surface area contributed by atoms with Crippen LogP contribution in [0.1, 0.15) is 23.7 Å². The zero-order valence-corrected chi connectivity index (χ0v) is 11.3. The summed E-state index contributed by atoms with van der Waals surface area (Å²) in [5.74, 6) is -0.180. The Morgan fingerprint density at radius 1 is 1.55 bits per heavy atom. The molecule has 2 aromatic rings. The summed E-state index contributed by atoms with van der Waals surface area (Å²) in [6.45, 7) is 2.56. The van der Waals surface area contributed by atoms with E-state index in [1.807, 2.05) is 31.3 Å². The van der Waals surface area contributed by atoms with Crippen LogP contribution in [0.4, 0.5) is 0 Å². The van der Waals surface area contributed by atoms with Crippen LogP contribution in [0.5, 0.6) is 0 Å². The molecule has 1 aliphatic rings. The Morgan fingerprint density at radius 3 is 3.15 bits per heavy atom. The minimum absolute atomic E-state index is 0.180. The quantitative estimate of drug-likeness (QED) is 0.793. The third-order valence-corrected chi connectivity index (χ3v) is 4.03. The predicted octanol–water partition coefficient (Wildman–Crippen LogP) is 1.44. The van der Waals surface area contributed by atoms with E-state index < -0.39 is 5.60 Å². The normalized spacial score (nSPS) is 26.0. The van der Waals surface area contributed by atoms with Gasteiger partial charge in [-0.2, -0.15) is 0 Å². The van der Waals surface area contributed by atoms with Gasteiger partial charge >= 0.3 is 0 Å². The van der Waals surface area contributed by atoms with E-state index in [-0.39, 0.29) is 18.6 Å². The molecule has 1 aliphatic heterocycles. The molecule has 106 valence electrons. The summed E-state index contributed by atoms with van der Waals surface area (Å²) in [4.78, 5) is 15.2. The highest BCUT2D eigenvalue weighted by atomic mass is 16.5. The lowest BCUT2D eigenvalue weighted by atomic mass is 9.96. The van der Waals surface area contributed by atoms with Crippen molar-refractivity contribution >= 4 is 16.8 Å². The Balaban J connectivity index is 1.69. The van der Waals surface area contributed by atoms with Crippen molar-refractivity contribution in [2.24, 2.45) is 0 Å². The third kappa shape index (κ3) is 2.30. The van der Waals surface area contributed by atoms with Gasteiger partial charge in [-0.1, -0.05) is 0 Å². The first-order chi connectivity index (χ1) is 9.58. The van der Waals surface area contributed by atoms with Crippen LogP contribution < -0.4 is 5.32 Å². The van der Waals surface area contributed by atoms with Crippen molar-refractivity contribution in [2.75, 3.05) is 13.2 Å². The van der Waals surface area contributed by atoms with Gasteiger partial charge in [0, 0.05) is 42.2 Å². The van der Waals surface area contributed by atoms with Gasteiger partial charge in [-0.3, -0.25) is 4.79 Å². The first kappa shape index (κ1) is 13.1. The van der Waals surface area contributed by atoms with Crippen LogP contribution in [0.2, 0.25) is 0 Å². The molecule has 2 atom stereocenters. The minimum atomic E-state index is -0.964. The molecule has 0 spiro atoms. The maximum Gasteiger partial charge on any atom is 0.251 e. The number of nitrogens with one attached hydrogen (secondary N) is 2. The minimum Gasteiger partial charge on any atom is -0.385 e. The summed E-state index contributed by atoms with van der Waals surface area (Å²) >= 11 is 0. The standard InChI is InChI=1S/C15H18N2O3/c1-10-15(19,5-7-20-10)9-17-14(18)12-2-3-13-11(8-12)4-6-16-13/h2-4,6,8,10,16,19H,5,7,9H2,1H3,(H,17,18). The number of carbonyl (C=O) groups excluding carboxylic acids is 1. The van der Waals surface area contributed by atoms with Crippen LogP contribution in [0.15, 0.2) is 30.5 Å². The van der Waals surface area contributed by atoms with Gasteiger partial charge < -0.3 is 20.1 Å². The monoisotopic (exact) mass is 274 g/mol. The number of aromatic amines is 1. The number of H-pyrrole nitrogens is 1. The first-order valence-corrected chi connectivity index (χ1v) is 6.78. The van der Waals surface area contributed by atoms with Gasteiger partial charge in [-0.25, -0.2) is 0 Å². The van der Waals surface area contributed by atoms with Crippen LogP contribution >= 0.6 is 0 Å². The lowest BCUT2D eigenvalue weighted by Gasteiger charge is -2.26. The fourth-order valence-electron chi connectivity index (χ4n) is 2.53. The van der Waals surface area contributed by atoms with Crippen LogP contribution in [0, 0.1) is 0 Å². The molecular formula is C15H18N2O3. The lowest BCUT2D eigenvalue weighted by molar-refractivity contribution is -0.0251. The van der Waals surface area contributed by atoms with Crippen LogP contribution in [-0.4, -0.2) is 40.9 Å². The van der Waals surface area contributed by atoms with E-state index in [1.54, 1.807) is 6.07 Å². The van der Waals surface area contributed by atoms with Crippen molar-refractivity contribution in [1.29, 1.82) is 0 Å². The summed E-state index contributed by atoms with van der Waals surface area (Å²) in [6, 6.07) is 7.40. The molecular weight excluding hydrogens is 256 g/mol. The first-order valence-electron chi connectivity index (χ1n) is 6.78. The van der Waals surface area contributed by atoms with Crippen LogP contribution in [0.3, 0.4) is 0 Å². The number of fused-ring (bicyclic) bond motifs is 1. The van der Waals surface area contributed by atoms with Gasteiger partial charge in [0.1, 0.15) is 5.60 Å². The second-order valence-electron chi connectivity index (χ2n) is 5.33. The number of hydrogen-bond donors (Lipinski definition) is 3. The zero-order valence-electron chi connectivity index (χ0n) is 11.3. The third-order valence-electron chi connectivity index (χ3n) is 4.03. The number of carbonyl (C=O) groups is 1. The number of ether oxygens (including phenoxy) is 1. The highest BCUT2D eigenvalue weighted by Gasteiger charge is 2.39. The second kappa shape index (κ2) is 4.92. The molecule has 0 saturated carbocycles. The van der Waals surface area contributed by atoms with Crippen molar-refractivity contribution < 1.29 is 14.6 Å². The van der Waals surface area contributed by atoms with E-state index in [0.717, 1.165) is 10.9 Å². The summed E-state index contributed by atoms with van der Waals surface area (Å²) in [6.07, 6.45) is 2.13. The molecule has 20 heavy (non-hydrogen) atoms. The molecule has 5 heteroatoms. The largest absolute Gasteiger partial charge is 0.385 e. The van der Waals surface area contributed by atoms with Crippen LogP contribution in [-0.2, 0) is 4.74 Å². The SMILES string of the molecule is CC1OCCC1(O)CNC(=O)c1ccc2[nH]ccc2c1. The highest BCUT2D eigenvalue weighted by molar-refractivity contribution is 5.98. The lowest BCUT2D eigenvalue weighted by Crippen LogP contribution is -2.47. The van der Waals surface area contributed by atoms with E-state index in [4.69, 9.17) is 4.74 Å². The number of aliphatic hydroxyl groups is 1. The van der Waals surface area contributed by atoms with E-state index >= 15 is 0 Å². The fourth-order valence-corrected chi connectivity index (χ4v) is 2.53. The summed E-state index contributed by atoms with van der Waals surface area (Å²) < 4.78 is 5.35. The van der Waals surface area contributed by atoms with Crippen LogP contribution in [0.25, 0.3) is 10.9 Å². The van der Waals surface area contributed by atoms with E-state index in [1.165, 1.54) is 0 Å². The number of hydrogen-bond acceptors (Lipinski definition) is 3. The predicted molar refractivity (Wildman–Crippen MR) is 75.6 cm³/mol. The van der Waals surface area contributed by atoms with Gasteiger partial charge in [-0.15, -0.1) is 0 Å². The molecule has 1 saturated heterocycles. The van der Waals surface area contributed by atoms with Gasteiger partial charge in [0.05, 0.1) is 6.10 Å². The second-order valence-corrected chi connectivity index (χ2v) is 5.33. The Hall–Kier alpha value is -1.85. The summed E-state index contributed by atoms with van der Waals surface area (Å²) in [7, 11) is 0.